The summed E-state index contributed by atoms with van der Waals surface area (Å²) in [5.74, 6) is -0.790. The highest BCUT2D eigenvalue weighted by atomic mass is 35.5. The van der Waals surface area contributed by atoms with Gasteiger partial charge in [0.2, 0.25) is 47.8 Å². The molecule has 3 amide bonds. The molecule has 0 saturated heterocycles. The standard InChI is InChI=1S/C82H111Cl5N10O15S3/c1-58-43-67-70(52-92(4)55-73(67)76(85)44-58)59-13-10-16-64(45-59)113(101,102)88-25-31-107-37-40-110-34-28-95(7)79(98)19-22-82(91(2)3,23-20-80(99)96(8)29-35-111-41-38-108-32-26-89-114(103,104)65-17-11-14-60(46-65)71-53-93(5)56-74-68(71)48-62(83)50-77(74)86)24-21-81(100)97(9)30-36-112-42-39-109-33-27-90-115(105,106)66-18-12-15-61(47-66)72-54-94(6)57-75-69(72)49-63(84)51-78(75)87/h10-18,43-51,70-72,88-90H,19-42,52-57H2,1-9H3/t70-,71-,72-/m0/s1. The number of hydrogen-bond acceptors (Lipinski definition) is 19. The first-order valence-corrected chi connectivity index (χ1v) is 45.0. The van der Waals surface area contributed by atoms with Crippen LogP contribution in [0, 0.1) is 6.92 Å². The van der Waals surface area contributed by atoms with Crippen LogP contribution in [0.5, 0.6) is 0 Å². The number of amides is 3. The summed E-state index contributed by atoms with van der Waals surface area (Å²) in [4.78, 5) is 55.3. The van der Waals surface area contributed by atoms with Crippen LogP contribution in [0.4, 0.5) is 0 Å². The van der Waals surface area contributed by atoms with Crippen molar-refractivity contribution in [2.24, 2.45) is 0 Å². The Morgan fingerprint density at radius 2 is 0.696 bits per heavy atom. The second-order valence-corrected chi connectivity index (χ2v) is 37.5. The largest absolute Gasteiger partial charge is 0.378 e. The number of nitrogens with one attached hydrogen (secondary N) is 3. The number of benzene rings is 6. The molecule has 33 heteroatoms. The number of rotatable bonds is 46. The Kier molecular flexibility index (Phi) is 35.9. The lowest BCUT2D eigenvalue weighted by Gasteiger charge is -2.41. The summed E-state index contributed by atoms with van der Waals surface area (Å²) in [7, 11) is 3.24. The second kappa shape index (κ2) is 44.2. The van der Waals surface area contributed by atoms with E-state index in [1.807, 2.05) is 83.5 Å². The van der Waals surface area contributed by atoms with Crippen molar-refractivity contribution in [2.75, 3.05) is 195 Å². The molecule has 0 spiro atoms. The van der Waals surface area contributed by atoms with Gasteiger partial charge in [-0.15, -0.1) is 0 Å². The Bertz CT molecular complexity index is 4190. The Hall–Kier alpha value is -5.49. The second-order valence-electron chi connectivity index (χ2n) is 30.1. The van der Waals surface area contributed by atoms with Crippen molar-refractivity contribution in [1.82, 2.24) is 48.5 Å². The van der Waals surface area contributed by atoms with Crippen LogP contribution in [-0.2, 0) is 92.5 Å². The number of hydrogen-bond donors (Lipinski definition) is 3. The van der Waals surface area contributed by atoms with Gasteiger partial charge in [0.15, 0.2) is 0 Å². The third kappa shape index (κ3) is 27.0. The van der Waals surface area contributed by atoms with Gasteiger partial charge in [0.1, 0.15) is 0 Å². The molecule has 9 rings (SSSR count). The molecular weight excluding hydrogens is 1640 g/mol. The molecule has 0 radical (unpaired) electrons. The molecule has 0 aromatic heterocycles. The minimum absolute atomic E-state index is 0.0280. The first-order valence-electron chi connectivity index (χ1n) is 38.7. The first kappa shape index (κ1) is 93.4. The molecule has 0 saturated carbocycles. The van der Waals surface area contributed by atoms with Crippen molar-refractivity contribution < 1.29 is 68.1 Å². The summed E-state index contributed by atoms with van der Waals surface area (Å²) in [5.41, 5.74) is 8.85. The lowest BCUT2D eigenvalue weighted by atomic mass is 9.82. The van der Waals surface area contributed by atoms with Crippen LogP contribution in [0.2, 0.25) is 25.1 Å². The molecule has 3 atom stereocenters. The van der Waals surface area contributed by atoms with Gasteiger partial charge in [0.25, 0.3) is 0 Å². The normalized spacial score (nSPS) is 16.4. The number of halogens is 5. The highest BCUT2D eigenvalue weighted by Crippen LogP contribution is 2.42. The summed E-state index contributed by atoms with van der Waals surface area (Å²) >= 11 is 32.7. The van der Waals surface area contributed by atoms with E-state index in [0.717, 1.165) is 62.2 Å². The third-order valence-corrected chi connectivity index (χ3v) is 27.3. The van der Waals surface area contributed by atoms with Gasteiger partial charge in [-0.25, -0.2) is 39.4 Å². The van der Waals surface area contributed by atoms with Crippen molar-refractivity contribution in [1.29, 1.82) is 0 Å². The van der Waals surface area contributed by atoms with E-state index in [1.165, 1.54) is 0 Å². The van der Waals surface area contributed by atoms with Crippen LogP contribution in [0.3, 0.4) is 0 Å². The van der Waals surface area contributed by atoms with Crippen molar-refractivity contribution in [3.8, 4) is 0 Å². The zero-order chi connectivity index (χ0) is 83.2. The van der Waals surface area contributed by atoms with Crippen molar-refractivity contribution in [3.63, 3.8) is 0 Å². The molecule has 115 heavy (non-hydrogen) atoms. The van der Waals surface area contributed by atoms with Gasteiger partial charge in [0.05, 0.1) is 94.0 Å². The van der Waals surface area contributed by atoms with Crippen LogP contribution in [0.25, 0.3) is 0 Å². The van der Waals surface area contributed by atoms with Gasteiger partial charge < -0.3 is 62.7 Å². The number of nitrogens with zero attached hydrogens (tertiary/aromatic N) is 7. The maximum atomic E-state index is 13.9. The zero-order valence-corrected chi connectivity index (χ0v) is 73.4. The number of ether oxygens (including phenoxy) is 6. The van der Waals surface area contributed by atoms with Crippen LogP contribution in [0.15, 0.2) is 124 Å². The number of aryl methyl sites for hydroxylation is 1. The molecule has 3 heterocycles. The van der Waals surface area contributed by atoms with Gasteiger partial charge in [-0.1, -0.05) is 100 Å². The van der Waals surface area contributed by atoms with E-state index in [2.05, 4.69) is 34.9 Å². The molecule has 632 valence electrons. The lowest BCUT2D eigenvalue weighted by molar-refractivity contribution is -0.132. The van der Waals surface area contributed by atoms with Gasteiger partial charge in [-0.2, -0.15) is 0 Å². The molecule has 0 fully saturated rings. The number of fused-ring (bicyclic) bond motifs is 3. The third-order valence-electron chi connectivity index (χ3n) is 21.5. The predicted molar refractivity (Wildman–Crippen MR) is 450 cm³/mol. The molecule has 3 aliphatic rings. The zero-order valence-electron chi connectivity index (χ0n) is 67.2. The maximum absolute atomic E-state index is 13.9. The van der Waals surface area contributed by atoms with E-state index in [1.54, 1.807) is 103 Å². The molecule has 3 aliphatic heterocycles. The average Bonchev–Trinajstić information content (AvgIpc) is 0.778. The van der Waals surface area contributed by atoms with E-state index < -0.39 is 35.6 Å². The van der Waals surface area contributed by atoms with Crippen LogP contribution >= 0.6 is 58.0 Å². The van der Waals surface area contributed by atoms with Gasteiger partial charge in [-0.05, 0) is 184 Å². The van der Waals surface area contributed by atoms with E-state index in [4.69, 9.17) is 86.4 Å². The van der Waals surface area contributed by atoms with Gasteiger partial charge in [0, 0.05) is 167 Å². The molecule has 25 nitrogen and oxygen atoms in total. The Morgan fingerprint density at radius 1 is 0.409 bits per heavy atom. The summed E-state index contributed by atoms with van der Waals surface area (Å²) < 4.78 is 123. The summed E-state index contributed by atoms with van der Waals surface area (Å²) in [6.07, 6.45) is 1.32. The number of sulfonamides is 3. The molecule has 6 aromatic rings. The topological polar surface area (TPSA) is 268 Å². The predicted octanol–water partition coefficient (Wildman–Crippen LogP) is 10.3. The quantitative estimate of drug-likeness (QED) is 0.0300. The van der Waals surface area contributed by atoms with E-state index in [0.29, 0.717) is 77.1 Å². The molecular formula is C82H111Cl5N10O15S3. The number of likely N-dealkylation sites (N-methyl/N-ethyl adjacent to an activating group) is 6. The van der Waals surface area contributed by atoms with Crippen LogP contribution in [-0.4, -0.2) is 277 Å². The van der Waals surface area contributed by atoms with E-state index in [9.17, 15) is 39.6 Å². The number of carbonyl (C=O) groups excluding carboxylic acids is 3. The summed E-state index contributed by atoms with van der Waals surface area (Å²) in [5, 5.41) is 2.89. The highest BCUT2D eigenvalue weighted by molar-refractivity contribution is 7.90. The Morgan fingerprint density at radius 3 is 1.00 bits per heavy atom. The Balaban J connectivity index is 0.694. The molecule has 0 aliphatic carbocycles. The highest BCUT2D eigenvalue weighted by Gasteiger charge is 2.37. The van der Waals surface area contributed by atoms with Crippen molar-refractivity contribution in [2.45, 2.75) is 103 Å². The SMILES string of the molecule is Cc1cc(Cl)c2c(c1)[C@H](c1cccc(S(=O)(=O)NCCOCCOCCN(C)C(=O)CCC(CCC(=O)N(C)CCOCCOCCNS(=O)(=O)c3cccc([C@@H]4CN(C)Cc5c(Cl)cc(Cl)cc54)c3)(CCC(=O)N(C)CCOCCOCCNS(=O)(=O)c3cccc([C@@H]4CN(C)Cc5c(Cl)cc(Cl)cc54)c3)N(C)C)c1)CN(C)C2. The van der Waals surface area contributed by atoms with Crippen molar-refractivity contribution in [3.05, 3.63) is 190 Å². The molecule has 6 aromatic carbocycles. The fourth-order valence-electron chi connectivity index (χ4n) is 14.8. The van der Waals surface area contributed by atoms with Gasteiger partial charge >= 0.3 is 0 Å². The van der Waals surface area contributed by atoms with Crippen molar-refractivity contribution >= 4 is 106 Å². The summed E-state index contributed by atoms with van der Waals surface area (Å²) in [6.45, 7) is 9.07. The molecule has 3 N–H and O–H groups in total. The minimum Gasteiger partial charge on any atom is -0.378 e. The van der Waals surface area contributed by atoms with Crippen LogP contribution in [0.1, 0.15) is 112 Å². The lowest BCUT2D eigenvalue weighted by Crippen LogP contribution is -2.47. The summed E-state index contributed by atoms with van der Waals surface area (Å²) in [6, 6.07) is 32.1. The minimum atomic E-state index is -3.88. The maximum Gasteiger partial charge on any atom is 0.240 e. The van der Waals surface area contributed by atoms with E-state index >= 15 is 0 Å². The smallest absolute Gasteiger partial charge is 0.240 e. The monoisotopic (exact) mass is 1750 g/mol. The number of carbonyl (C=O) groups is 3. The fraction of sp³-hybridized carbons (Fsp3) is 0.524. The first-order chi connectivity index (χ1) is 54.7. The molecule has 0 bridgehead atoms. The van der Waals surface area contributed by atoms with E-state index in [-0.39, 0.29) is 188 Å². The fourth-order valence-corrected chi connectivity index (χ4v) is 19.5. The van der Waals surface area contributed by atoms with Crippen LogP contribution < -0.4 is 14.2 Å². The van der Waals surface area contributed by atoms with Gasteiger partial charge in [-0.3, -0.25) is 14.4 Å². The average molecular weight is 1750 g/mol. The molecule has 0 unspecified atom stereocenters. The Labute approximate surface area is 704 Å².